The molecule has 1 aromatic rings. The number of thiol groups is 1. The molecule has 0 fully saturated rings. The van der Waals surface area contributed by atoms with E-state index in [-0.39, 0.29) is 5.91 Å². The number of anilines is 1. The molecular formula is C11H12N4O2S. The molecule has 0 radical (unpaired) electrons. The molecule has 18 heavy (non-hydrogen) atoms. The number of nitrogens with zero attached hydrogens (tertiary/aromatic N) is 2. The van der Waals surface area contributed by atoms with Gasteiger partial charge in [-0.3, -0.25) is 4.79 Å². The van der Waals surface area contributed by atoms with Gasteiger partial charge in [0.2, 0.25) is 5.91 Å². The number of primary amides is 1. The topological polar surface area (TPSA) is 87.8 Å². The maximum atomic E-state index is 11.0. The summed E-state index contributed by atoms with van der Waals surface area (Å²) < 4.78 is 1.05. The zero-order valence-corrected chi connectivity index (χ0v) is 10.4. The van der Waals surface area contributed by atoms with Gasteiger partial charge in [-0.1, -0.05) is 24.9 Å². The molecule has 1 heterocycles. The second kappa shape index (κ2) is 5.09. The number of hydrogen-bond donors (Lipinski definition) is 3. The third kappa shape index (κ3) is 2.62. The Labute approximate surface area is 109 Å². The molecule has 1 aliphatic rings. The van der Waals surface area contributed by atoms with E-state index in [1.165, 1.54) is 0 Å². The summed E-state index contributed by atoms with van der Waals surface area (Å²) in [6, 6.07) is 6.39. The predicted octanol–water partition coefficient (Wildman–Crippen LogP) is 1.03. The van der Waals surface area contributed by atoms with Crippen molar-refractivity contribution < 1.29 is 9.59 Å². The molecule has 1 aliphatic heterocycles. The Morgan fingerprint density at radius 2 is 2.00 bits per heavy atom. The highest BCUT2D eigenvalue weighted by Crippen LogP contribution is 2.18. The van der Waals surface area contributed by atoms with E-state index in [0.29, 0.717) is 18.5 Å². The maximum Gasteiger partial charge on any atom is 0.329 e. The van der Waals surface area contributed by atoms with E-state index in [4.69, 9.17) is 5.73 Å². The van der Waals surface area contributed by atoms with Crippen LogP contribution in [0.5, 0.6) is 0 Å². The van der Waals surface area contributed by atoms with E-state index >= 15 is 0 Å². The average molecular weight is 264 g/mol. The highest BCUT2D eigenvalue weighted by Gasteiger charge is 2.14. The molecule has 0 saturated carbocycles. The predicted molar refractivity (Wildman–Crippen MR) is 71.4 cm³/mol. The van der Waals surface area contributed by atoms with E-state index in [1.54, 1.807) is 24.3 Å². The first-order valence-electron chi connectivity index (χ1n) is 5.32. The molecule has 0 atom stereocenters. The number of carbonyl (C=O) groups excluding carboxylic acids is 2. The van der Waals surface area contributed by atoms with Crippen LogP contribution in [0.2, 0.25) is 0 Å². The maximum absolute atomic E-state index is 11.0. The first-order valence-corrected chi connectivity index (χ1v) is 5.72. The highest BCUT2D eigenvalue weighted by atomic mass is 32.1. The lowest BCUT2D eigenvalue weighted by Gasteiger charge is -2.15. The number of hydrazone groups is 1. The van der Waals surface area contributed by atoms with Crippen molar-refractivity contribution in [3.05, 3.63) is 29.8 Å². The van der Waals surface area contributed by atoms with Gasteiger partial charge in [-0.15, -0.1) is 0 Å². The molecule has 3 amide bonds. The van der Waals surface area contributed by atoms with E-state index in [1.807, 2.05) is 0 Å². The molecule has 7 heteroatoms. The molecule has 0 saturated heterocycles. The van der Waals surface area contributed by atoms with Gasteiger partial charge in [-0.2, -0.15) is 5.10 Å². The Hall–Kier alpha value is -2.02. The van der Waals surface area contributed by atoms with Crippen LogP contribution in [-0.2, 0) is 4.79 Å². The Balaban J connectivity index is 2.18. The number of nitrogens with one attached hydrogen (secondary N) is 1. The van der Waals surface area contributed by atoms with E-state index in [2.05, 4.69) is 23.3 Å². The van der Waals surface area contributed by atoms with Gasteiger partial charge in [0.05, 0.1) is 11.4 Å². The highest BCUT2D eigenvalue weighted by molar-refractivity contribution is 7.82. The largest absolute Gasteiger partial charge is 0.350 e. The molecule has 1 aromatic carbocycles. The van der Waals surface area contributed by atoms with Crippen molar-refractivity contribution in [3.63, 3.8) is 0 Å². The van der Waals surface area contributed by atoms with Gasteiger partial charge in [0, 0.05) is 12.8 Å². The van der Waals surface area contributed by atoms with Crippen LogP contribution in [0.4, 0.5) is 10.5 Å². The molecule has 6 nitrogen and oxygen atoms in total. The van der Waals surface area contributed by atoms with Gasteiger partial charge < -0.3 is 5.73 Å². The molecule has 0 aromatic heterocycles. The van der Waals surface area contributed by atoms with Gasteiger partial charge in [0.1, 0.15) is 0 Å². The third-order valence-corrected chi connectivity index (χ3v) is 2.99. The number of carbonyl (C=O) groups is 2. The minimum atomic E-state index is -0.645. The van der Waals surface area contributed by atoms with Crippen molar-refractivity contribution in [2.24, 2.45) is 10.8 Å². The Morgan fingerprint density at radius 1 is 1.33 bits per heavy atom. The zero-order chi connectivity index (χ0) is 13.1. The quantitative estimate of drug-likeness (QED) is 0.697. The van der Waals surface area contributed by atoms with Crippen molar-refractivity contribution >= 4 is 36.2 Å². The van der Waals surface area contributed by atoms with Crippen molar-refractivity contribution in [3.8, 4) is 0 Å². The number of hydrogen-bond acceptors (Lipinski definition) is 4. The van der Waals surface area contributed by atoms with Crippen LogP contribution >= 0.6 is 12.8 Å². The number of rotatable bonds is 2. The lowest BCUT2D eigenvalue weighted by Crippen LogP contribution is -2.27. The van der Waals surface area contributed by atoms with Crippen molar-refractivity contribution in [2.75, 3.05) is 4.31 Å². The normalized spacial score (nSPS) is 14.7. The number of amides is 3. The summed E-state index contributed by atoms with van der Waals surface area (Å²) in [4.78, 5) is 21.9. The fourth-order valence-corrected chi connectivity index (χ4v) is 1.74. The summed E-state index contributed by atoms with van der Waals surface area (Å²) in [5.74, 6) is -0.0781. The summed E-state index contributed by atoms with van der Waals surface area (Å²) in [6.07, 6.45) is 1.03. The fourth-order valence-electron chi connectivity index (χ4n) is 1.60. The lowest BCUT2D eigenvalue weighted by atomic mass is 10.0. The van der Waals surface area contributed by atoms with Gasteiger partial charge >= 0.3 is 6.03 Å². The molecule has 94 valence electrons. The lowest BCUT2D eigenvalue weighted by molar-refractivity contribution is -0.121. The standard InChI is InChI=1S/C11H12N4O2S/c12-11(17)15(18)8-3-1-7(2-4-8)9-5-6-10(16)14-13-9/h1-4,18H,5-6H2,(H2,12,17)(H,14,16). The van der Waals surface area contributed by atoms with Crippen LogP contribution in [-0.4, -0.2) is 17.6 Å². The molecule has 3 N–H and O–H groups in total. The summed E-state index contributed by atoms with van der Waals surface area (Å²) in [6.45, 7) is 0. The SMILES string of the molecule is NC(=O)N(S)c1ccc(C2=NNC(=O)CC2)cc1. The van der Waals surface area contributed by atoms with Crippen molar-refractivity contribution in [2.45, 2.75) is 12.8 Å². The van der Waals surface area contributed by atoms with Crippen molar-refractivity contribution in [1.29, 1.82) is 0 Å². The number of urea groups is 1. The number of benzene rings is 1. The Kier molecular flexibility index (Phi) is 3.52. The molecule has 0 unspecified atom stereocenters. The van der Waals surface area contributed by atoms with Gasteiger partial charge in [0.15, 0.2) is 0 Å². The van der Waals surface area contributed by atoms with Crippen LogP contribution < -0.4 is 15.5 Å². The summed E-state index contributed by atoms with van der Waals surface area (Å²) in [5.41, 5.74) is 9.82. The summed E-state index contributed by atoms with van der Waals surface area (Å²) >= 11 is 3.96. The smallest absolute Gasteiger partial charge is 0.329 e. The zero-order valence-electron chi connectivity index (χ0n) is 9.46. The molecule has 0 aliphatic carbocycles. The van der Waals surface area contributed by atoms with E-state index in [9.17, 15) is 9.59 Å². The van der Waals surface area contributed by atoms with Crippen molar-refractivity contribution in [1.82, 2.24) is 5.43 Å². The van der Waals surface area contributed by atoms with Crippen LogP contribution in [0.1, 0.15) is 18.4 Å². The van der Waals surface area contributed by atoms with Crippen LogP contribution in [0, 0.1) is 0 Å². The van der Waals surface area contributed by atoms with Gasteiger partial charge in [-0.25, -0.2) is 14.5 Å². The van der Waals surface area contributed by atoms with E-state index < -0.39 is 6.03 Å². The first-order chi connectivity index (χ1) is 8.58. The monoisotopic (exact) mass is 264 g/mol. The molecule has 0 spiro atoms. The van der Waals surface area contributed by atoms with Crippen LogP contribution in [0.15, 0.2) is 29.4 Å². The Morgan fingerprint density at radius 3 is 2.50 bits per heavy atom. The van der Waals surface area contributed by atoms with E-state index in [0.717, 1.165) is 15.6 Å². The third-order valence-electron chi connectivity index (χ3n) is 2.56. The Bertz CT molecular complexity index is 512. The minimum Gasteiger partial charge on any atom is -0.350 e. The summed E-state index contributed by atoms with van der Waals surface area (Å²) in [7, 11) is 0. The first kappa shape index (κ1) is 12.4. The second-order valence-corrected chi connectivity index (χ2v) is 4.19. The van der Waals surface area contributed by atoms with Gasteiger partial charge in [-0.05, 0) is 17.7 Å². The number of nitrogens with two attached hydrogens (primary N) is 1. The minimum absolute atomic E-state index is 0.0781. The second-order valence-electron chi connectivity index (χ2n) is 3.79. The average Bonchev–Trinajstić information content (AvgIpc) is 2.39. The fraction of sp³-hybridized carbons (Fsp3) is 0.182. The van der Waals surface area contributed by atoms with Crippen LogP contribution in [0.25, 0.3) is 0 Å². The molecule has 2 rings (SSSR count). The van der Waals surface area contributed by atoms with Gasteiger partial charge in [0.25, 0.3) is 0 Å². The van der Waals surface area contributed by atoms with Crippen LogP contribution in [0.3, 0.4) is 0 Å². The molecular weight excluding hydrogens is 252 g/mol. The molecule has 0 bridgehead atoms. The summed E-state index contributed by atoms with van der Waals surface area (Å²) in [5, 5.41) is 3.98.